The van der Waals surface area contributed by atoms with Gasteiger partial charge in [0.15, 0.2) is 0 Å². The summed E-state index contributed by atoms with van der Waals surface area (Å²) in [5.74, 6) is 0.701. The number of hydrogen-bond donors (Lipinski definition) is 2. The number of benzene rings is 1. The molecule has 1 amide bonds. The van der Waals surface area contributed by atoms with Gasteiger partial charge in [0.1, 0.15) is 0 Å². The topological polar surface area (TPSA) is 41.1 Å². The number of rotatable bonds is 3. The van der Waals surface area contributed by atoms with Gasteiger partial charge in [0, 0.05) is 11.1 Å². The molecule has 2 unspecified atom stereocenters. The van der Waals surface area contributed by atoms with Gasteiger partial charge in [-0.3, -0.25) is 4.79 Å². The molecule has 2 N–H and O–H groups in total. The Balaban J connectivity index is 1.81. The van der Waals surface area contributed by atoms with Crippen molar-refractivity contribution in [2.45, 2.75) is 50.5 Å². The maximum absolute atomic E-state index is 13.1. The third-order valence-electron chi connectivity index (χ3n) is 5.39. The Morgan fingerprint density at radius 1 is 1.27 bits per heavy atom. The van der Waals surface area contributed by atoms with E-state index in [1.165, 1.54) is 0 Å². The number of piperidine rings is 1. The molecule has 3 rings (SSSR count). The molecule has 0 radical (unpaired) electrons. The van der Waals surface area contributed by atoms with Crippen LogP contribution >= 0.6 is 11.6 Å². The molecule has 4 heteroatoms. The number of amides is 1. The van der Waals surface area contributed by atoms with E-state index in [1.807, 2.05) is 24.3 Å². The van der Waals surface area contributed by atoms with Crippen LogP contribution in [-0.4, -0.2) is 25.0 Å². The fraction of sp³-hybridized carbons (Fsp3) is 0.611. The molecule has 1 aliphatic carbocycles. The van der Waals surface area contributed by atoms with Crippen molar-refractivity contribution in [3.05, 3.63) is 34.9 Å². The lowest BCUT2D eigenvalue weighted by Crippen LogP contribution is -2.53. The molecule has 120 valence electrons. The second-order valence-electron chi connectivity index (χ2n) is 6.85. The third-order valence-corrected chi connectivity index (χ3v) is 5.64. The summed E-state index contributed by atoms with van der Waals surface area (Å²) < 4.78 is 0. The van der Waals surface area contributed by atoms with Crippen LogP contribution < -0.4 is 10.6 Å². The maximum Gasteiger partial charge on any atom is 0.230 e. The van der Waals surface area contributed by atoms with Crippen molar-refractivity contribution >= 4 is 17.5 Å². The minimum Gasteiger partial charge on any atom is -0.352 e. The Morgan fingerprint density at radius 3 is 2.59 bits per heavy atom. The average Bonchev–Trinajstić information content (AvgIpc) is 3.01. The van der Waals surface area contributed by atoms with Crippen LogP contribution in [0, 0.1) is 5.92 Å². The molecule has 1 heterocycles. The first-order valence-electron chi connectivity index (χ1n) is 8.39. The summed E-state index contributed by atoms with van der Waals surface area (Å²) in [6.07, 6.45) is 5.15. The summed E-state index contributed by atoms with van der Waals surface area (Å²) in [5.41, 5.74) is 0.767. The van der Waals surface area contributed by atoms with Crippen molar-refractivity contribution in [1.82, 2.24) is 10.6 Å². The van der Waals surface area contributed by atoms with Gasteiger partial charge in [-0.2, -0.15) is 0 Å². The second kappa shape index (κ2) is 6.59. The number of carbonyl (C=O) groups excluding carboxylic acids is 1. The van der Waals surface area contributed by atoms with Gasteiger partial charge < -0.3 is 10.6 Å². The molecule has 2 aliphatic rings. The molecule has 0 bridgehead atoms. The molecular formula is C18H25ClN2O. The van der Waals surface area contributed by atoms with Crippen molar-refractivity contribution < 1.29 is 4.79 Å². The highest BCUT2D eigenvalue weighted by atomic mass is 35.5. The zero-order valence-corrected chi connectivity index (χ0v) is 14.0. The fourth-order valence-corrected chi connectivity index (χ4v) is 4.06. The van der Waals surface area contributed by atoms with Gasteiger partial charge in [-0.25, -0.2) is 0 Å². The van der Waals surface area contributed by atoms with Crippen LogP contribution in [-0.2, 0) is 10.2 Å². The molecule has 2 fully saturated rings. The van der Waals surface area contributed by atoms with Crippen LogP contribution in [0.1, 0.15) is 44.6 Å². The molecule has 0 aromatic heterocycles. The smallest absolute Gasteiger partial charge is 0.230 e. The summed E-state index contributed by atoms with van der Waals surface area (Å²) in [6, 6.07) is 8.14. The SMILES string of the molecule is CC1CNCCC1NC(=O)C1(c2ccc(Cl)cc2)CCCC1. The maximum atomic E-state index is 13.1. The first-order chi connectivity index (χ1) is 10.6. The van der Waals surface area contributed by atoms with Gasteiger partial charge in [-0.15, -0.1) is 0 Å². The van der Waals surface area contributed by atoms with E-state index in [0.717, 1.165) is 55.8 Å². The third kappa shape index (κ3) is 3.02. The fourth-order valence-electron chi connectivity index (χ4n) is 3.93. The van der Waals surface area contributed by atoms with Crippen molar-refractivity contribution in [1.29, 1.82) is 0 Å². The van der Waals surface area contributed by atoms with Gasteiger partial charge in [-0.05, 0) is 56.0 Å². The van der Waals surface area contributed by atoms with Crippen LogP contribution in [0.2, 0.25) is 5.02 Å². The quantitative estimate of drug-likeness (QED) is 0.897. The van der Waals surface area contributed by atoms with Crippen LogP contribution in [0.3, 0.4) is 0 Å². The molecule has 1 saturated carbocycles. The largest absolute Gasteiger partial charge is 0.352 e. The summed E-state index contributed by atoms with van der Waals surface area (Å²) in [5, 5.41) is 7.47. The van der Waals surface area contributed by atoms with Gasteiger partial charge in [-0.1, -0.05) is 43.5 Å². The zero-order chi connectivity index (χ0) is 15.6. The van der Waals surface area contributed by atoms with Gasteiger partial charge in [0.25, 0.3) is 0 Å². The minimum atomic E-state index is -0.352. The molecule has 1 aromatic rings. The predicted octanol–water partition coefficient (Wildman–Crippen LogP) is 3.27. The minimum absolute atomic E-state index is 0.214. The monoisotopic (exact) mass is 320 g/mol. The second-order valence-corrected chi connectivity index (χ2v) is 7.28. The molecule has 1 aromatic carbocycles. The highest BCUT2D eigenvalue weighted by Gasteiger charge is 2.43. The first kappa shape index (κ1) is 15.8. The number of nitrogens with one attached hydrogen (secondary N) is 2. The van der Waals surface area contributed by atoms with Gasteiger partial charge in [0.05, 0.1) is 5.41 Å². The Bertz CT molecular complexity index is 522. The lowest BCUT2D eigenvalue weighted by Gasteiger charge is -2.35. The summed E-state index contributed by atoms with van der Waals surface area (Å²) in [7, 11) is 0. The Kier molecular flexibility index (Phi) is 4.74. The summed E-state index contributed by atoms with van der Waals surface area (Å²) in [4.78, 5) is 13.1. The van der Waals surface area contributed by atoms with E-state index < -0.39 is 0 Å². The van der Waals surface area contributed by atoms with E-state index in [4.69, 9.17) is 11.6 Å². The Labute approximate surface area is 137 Å². The van der Waals surface area contributed by atoms with Crippen LogP contribution in [0.15, 0.2) is 24.3 Å². The zero-order valence-electron chi connectivity index (χ0n) is 13.2. The highest BCUT2D eigenvalue weighted by Crippen LogP contribution is 2.42. The van der Waals surface area contributed by atoms with E-state index >= 15 is 0 Å². The van der Waals surface area contributed by atoms with Crippen LogP contribution in [0.4, 0.5) is 0 Å². The van der Waals surface area contributed by atoms with E-state index in [2.05, 4.69) is 17.6 Å². The van der Waals surface area contributed by atoms with Crippen LogP contribution in [0.25, 0.3) is 0 Å². The number of halogens is 1. The standard InChI is InChI=1S/C18H25ClN2O/c1-13-12-20-11-8-16(13)21-17(22)18(9-2-3-10-18)14-4-6-15(19)7-5-14/h4-7,13,16,20H,2-3,8-12H2,1H3,(H,21,22). The Morgan fingerprint density at radius 2 is 1.95 bits per heavy atom. The number of hydrogen-bond acceptors (Lipinski definition) is 2. The molecular weight excluding hydrogens is 296 g/mol. The lowest BCUT2D eigenvalue weighted by atomic mass is 9.77. The van der Waals surface area contributed by atoms with Crippen LogP contribution in [0.5, 0.6) is 0 Å². The summed E-state index contributed by atoms with van der Waals surface area (Å²) in [6.45, 7) is 4.18. The van der Waals surface area contributed by atoms with E-state index in [1.54, 1.807) is 0 Å². The lowest BCUT2D eigenvalue weighted by molar-refractivity contribution is -0.127. The van der Waals surface area contributed by atoms with Crippen molar-refractivity contribution in [2.75, 3.05) is 13.1 Å². The van der Waals surface area contributed by atoms with Gasteiger partial charge in [0.2, 0.25) is 5.91 Å². The van der Waals surface area contributed by atoms with E-state index in [9.17, 15) is 4.79 Å². The molecule has 1 saturated heterocycles. The predicted molar refractivity (Wildman–Crippen MR) is 90.2 cm³/mol. The normalized spacial score (nSPS) is 27.5. The van der Waals surface area contributed by atoms with Crippen molar-refractivity contribution in [2.24, 2.45) is 5.92 Å². The van der Waals surface area contributed by atoms with E-state index in [0.29, 0.717) is 12.0 Å². The molecule has 22 heavy (non-hydrogen) atoms. The van der Waals surface area contributed by atoms with Crippen molar-refractivity contribution in [3.63, 3.8) is 0 Å². The summed E-state index contributed by atoms with van der Waals surface area (Å²) >= 11 is 6.01. The highest BCUT2D eigenvalue weighted by molar-refractivity contribution is 6.30. The average molecular weight is 321 g/mol. The van der Waals surface area contributed by atoms with E-state index in [-0.39, 0.29) is 11.3 Å². The molecule has 0 spiro atoms. The number of carbonyl (C=O) groups is 1. The molecule has 3 nitrogen and oxygen atoms in total. The van der Waals surface area contributed by atoms with Crippen molar-refractivity contribution in [3.8, 4) is 0 Å². The molecule has 2 atom stereocenters. The molecule has 1 aliphatic heterocycles. The first-order valence-corrected chi connectivity index (χ1v) is 8.77. The van der Waals surface area contributed by atoms with Gasteiger partial charge >= 0.3 is 0 Å². The Hall–Kier alpha value is -1.06.